The number of rotatable bonds is 5. The predicted molar refractivity (Wildman–Crippen MR) is 89.0 cm³/mol. The summed E-state index contributed by atoms with van der Waals surface area (Å²) in [5, 5.41) is 0. The Morgan fingerprint density at radius 3 is 2.32 bits per heavy atom. The molecule has 2 N–H and O–H groups in total. The number of nitrogens with two attached hydrogens (primary N) is 1. The maximum absolute atomic E-state index is 12.2. The molecule has 1 fully saturated rings. The van der Waals surface area contributed by atoms with Crippen LogP contribution in [-0.4, -0.2) is 36.5 Å². The van der Waals surface area contributed by atoms with Crippen LogP contribution in [0, 0.1) is 5.92 Å². The summed E-state index contributed by atoms with van der Waals surface area (Å²) in [4.78, 5) is 14.1. The number of amides is 1. The molecule has 122 valence electrons. The van der Waals surface area contributed by atoms with E-state index in [1.54, 1.807) is 0 Å². The van der Waals surface area contributed by atoms with Crippen molar-refractivity contribution in [3.63, 3.8) is 0 Å². The molecule has 22 heavy (non-hydrogen) atoms. The Kier molecular flexibility index (Phi) is 5.83. The van der Waals surface area contributed by atoms with Crippen molar-refractivity contribution < 1.29 is 9.53 Å². The predicted octanol–water partition coefficient (Wildman–Crippen LogP) is 2.77. The molecular formula is C18H28N2O2. The van der Waals surface area contributed by atoms with Crippen molar-refractivity contribution in [3.05, 3.63) is 29.8 Å². The molecular weight excluding hydrogens is 276 g/mol. The van der Waals surface area contributed by atoms with E-state index in [-0.39, 0.29) is 18.6 Å². The zero-order valence-electron chi connectivity index (χ0n) is 13.9. The number of hydrogen-bond acceptors (Lipinski definition) is 3. The first-order chi connectivity index (χ1) is 10.5. The van der Waals surface area contributed by atoms with Crippen molar-refractivity contribution >= 4 is 5.91 Å². The lowest BCUT2D eigenvalue weighted by Crippen LogP contribution is -2.44. The Morgan fingerprint density at radius 2 is 1.82 bits per heavy atom. The van der Waals surface area contributed by atoms with Crippen LogP contribution in [0.4, 0.5) is 0 Å². The molecule has 1 unspecified atom stereocenters. The third-order valence-corrected chi connectivity index (χ3v) is 4.54. The van der Waals surface area contributed by atoms with Crippen molar-refractivity contribution in [2.75, 3.05) is 19.7 Å². The van der Waals surface area contributed by atoms with Gasteiger partial charge in [-0.15, -0.1) is 0 Å². The van der Waals surface area contributed by atoms with Crippen LogP contribution < -0.4 is 10.5 Å². The van der Waals surface area contributed by atoms with E-state index in [1.165, 1.54) is 5.56 Å². The number of carbonyl (C=O) groups is 1. The van der Waals surface area contributed by atoms with E-state index in [4.69, 9.17) is 10.5 Å². The maximum atomic E-state index is 12.2. The first-order valence-corrected chi connectivity index (χ1v) is 8.23. The summed E-state index contributed by atoms with van der Waals surface area (Å²) in [5.74, 6) is 1.86. The van der Waals surface area contributed by atoms with E-state index >= 15 is 0 Å². The monoisotopic (exact) mass is 304 g/mol. The summed E-state index contributed by atoms with van der Waals surface area (Å²) in [7, 11) is 0. The zero-order valence-corrected chi connectivity index (χ0v) is 13.9. The van der Waals surface area contributed by atoms with E-state index in [1.807, 2.05) is 24.0 Å². The summed E-state index contributed by atoms with van der Waals surface area (Å²) >= 11 is 0. The minimum Gasteiger partial charge on any atom is -0.484 e. The first kappa shape index (κ1) is 16.8. The van der Waals surface area contributed by atoms with Gasteiger partial charge in [0.15, 0.2) is 6.61 Å². The summed E-state index contributed by atoms with van der Waals surface area (Å²) < 4.78 is 5.61. The third kappa shape index (κ3) is 4.47. The highest BCUT2D eigenvalue weighted by Gasteiger charge is 2.24. The van der Waals surface area contributed by atoms with Crippen molar-refractivity contribution in [1.82, 2.24) is 4.90 Å². The van der Waals surface area contributed by atoms with Gasteiger partial charge in [-0.25, -0.2) is 0 Å². The molecule has 0 radical (unpaired) electrons. The Hall–Kier alpha value is -1.55. The van der Waals surface area contributed by atoms with Crippen molar-refractivity contribution in [2.24, 2.45) is 11.7 Å². The van der Waals surface area contributed by atoms with Crippen molar-refractivity contribution in [2.45, 2.75) is 45.6 Å². The normalized spacial score (nSPS) is 17.6. The van der Waals surface area contributed by atoms with Gasteiger partial charge >= 0.3 is 0 Å². The van der Waals surface area contributed by atoms with Gasteiger partial charge in [0, 0.05) is 19.1 Å². The molecule has 0 spiro atoms. The van der Waals surface area contributed by atoms with Gasteiger partial charge in [-0.2, -0.15) is 0 Å². The van der Waals surface area contributed by atoms with Crippen LogP contribution in [0.5, 0.6) is 5.75 Å². The number of hydrogen-bond donors (Lipinski definition) is 1. The molecule has 1 aliphatic heterocycles. The van der Waals surface area contributed by atoms with Gasteiger partial charge in [-0.3, -0.25) is 4.79 Å². The second kappa shape index (κ2) is 7.63. The molecule has 0 aromatic heterocycles. The van der Waals surface area contributed by atoms with Gasteiger partial charge in [0.2, 0.25) is 0 Å². The molecule has 0 saturated carbocycles. The molecule has 4 heteroatoms. The number of likely N-dealkylation sites (tertiary alicyclic amines) is 1. The number of benzene rings is 1. The molecule has 2 rings (SSSR count). The van der Waals surface area contributed by atoms with E-state index in [9.17, 15) is 4.79 Å². The second-order valence-corrected chi connectivity index (χ2v) is 6.59. The topological polar surface area (TPSA) is 55.6 Å². The SMILES string of the molecule is CC(C)c1ccc(OCC(=O)N2CCC(C(C)N)CC2)cc1. The highest BCUT2D eigenvalue weighted by atomic mass is 16.5. The highest BCUT2D eigenvalue weighted by Crippen LogP contribution is 2.21. The van der Waals surface area contributed by atoms with Crippen LogP contribution in [0.2, 0.25) is 0 Å². The zero-order chi connectivity index (χ0) is 16.1. The molecule has 1 aromatic carbocycles. The van der Waals surface area contributed by atoms with Gasteiger partial charge in [-0.1, -0.05) is 26.0 Å². The smallest absolute Gasteiger partial charge is 0.260 e. The van der Waals surface area contributed by atoms with Gasteiger partial charge in [0.05, 0.1) is 0 Å². The van der Waals surface area contributed by atoms with Gasteiger partial charge < -0.3 is 15.4 Å². The van der Waals surface area contributed by atoms with Crippen LogP contribution in [0.1, 0.15) is 45.1 Å². The van der Waals surface area contributed by atoms with Crippen LogP contribution in [-0.2, 0) is 4.79 Å². The molecule has 1 aliphatic rings. The van der Waals surface area contributed by atoms with Crippen LogP contribution >= 0.6 is 0 Å². The molecule has 0 aliphatic carbocycles. The minimum absolute atomic E-state index is 0.0658. The Morgan fingerprint density at radius 1 is 1.23 bits per heavy atom. The molecule has 1 atom stereocenters. The number of nitrogens with zero attached hydrogens (tertiary/aromatic N) is 1. The lowest BCUT2D eigenvalue weighted by Gasteiger charge is -2.33. The van der Waals surface area contributed by atoms with Crippen molar-refractivity contribution in [1.29, 1.82) is 0 Å². The van der Waals surface area contributed by atoms with Gasteiger partial charge in [-0.05, 0) is 49.3 Å². The number of piperidine rings is 1. The molecule has 1 heterocycles. The Labute approximate surface area is 133 Å². The molecule has 4 nitrogen and oxygen atoms in total. The second-order valence-electron chi connectivity index (χ2n) is 6.59. The highest BCUT2D eigenvalue weighted by molar-refractivity contribution is 5.77. The van der Waals surface area contributed by atoms with E-state index in [0.29, 0.717) is 11.8 Å². The number of carbonyl (C=O) groups excluding carboxylic acids is 1. The Bertz CT molecular complexity index is 474. The lowest BCUT2D eigenvalue weighted by atomic mass is 9.91. The van der Waals surface area contributed by atoms with Crippen LogP contribution in [0.25, 0.3) is 0 Å². The molecule has 0 bridgehead atoms. The quantitative estimate of drug-likeness (QED) is 0.910. The fourth-order valence-corrected chi connectivity index (χ4v) is 2.86. The minimum atomic E-state index is 0.0658. The third-order valence-electron chi connectivity index (χ3n) is 4.54. The van der Waals surface area contributed by atoms with Gasteiger partial charge in [0.1, 0.15) is 5.75 Å². The standard InChI is InChI=1S/C18H28N2O2/c1-13(2)15-4-6-17(7-5-15)22-12-18(21)20-10-8-16(9-11-20)14(3)19/h4-7,13-14,16H,8-12,19H2,1-3H3. The van der Waals surface area contributed by atoms with E-state index < -0.39 is 0 Å². The van der Waals surface area contributed by atoms with Crippen molar-refractivity contribution in [3.8, 4) is 5.75 Å². The fourth-order valence-electron chi connectivity index (χ4n) is 2.86. The molecule has 1 amide bonds. The summed E-state index contributed by atoms with van der Waals surface area (Å²) in [6.07, 6.45) is 1.99. The molecule has 1 aromatic rings. The number of ether oxygens (including phenoxy) is 1. The van der Waals surface area contributed by atoms with Gasteiger partial charge in [0.25, 0.3) is 5.91 Å². The largest absolute Gasteiger partial charge is 0.484 e. The average molecular weight is 304 g/mol. The summed E-state index contributed by atoms with van der Waals surface area (Å²) in [6, 6.07) is 8.19. The van der Waals surface area contributed by atoms with Crippen LogP contribution in [0.15, 0.2) is 24.3 Å². The van der Waals surface area contributed by atoms with E-state index in [0.717, 1.165) is 31.7 Å². The first-order valence-electron chi connectivity index (χ1n) is 8.23. The van der Waals surface area contributed by atoms with Crippen LogP contribution in [0.3, 0.4) is 0 Å². The lowest BCUT2D eigenvalue weighted by molar-refractivity contribution is -0.134. The summed E-state index contributed by atoms with van der Waals surface area (Å²) in [6.45, 7) is 8.06. The summed E-state index contributed by atoms with van der Waals surface area (Å²) in [5.41, 5.74) is 7.20. The maximum Gasteiger partial charge on any atom is 0.260 e. The molecule has 1 saturated heterocycles. The fraction of sp³-hybridized carbons (Fsp3) is 0.611. The van der Waals surface area contributed by atoms with E-state index in [2.05, 4.69) is 26.0 Å². The average Bonchev–Trinajstić information content (AvgIpc) is 2.53. The Balaban J connectivity index is 1.78.